The predicted octanol–water partition coefficient (Wildman–Crippen LogP) is 4.75. The molecule has 1 heterocycles. The Bertz CT molecular complexity index is 954. The third-order valence-electron chi connectivity index (χ3n) is 5.52. The molecule has 0 aliphatic carbocycles. The van der Waals surface area contributed by atoms with Crippen LogP contribution in [0.2, 0.25) is 0 Å². The van der Waals surface area contributed by atoms with Crippen molar-refractivity contribution in [2.45, 2.75) is 46.3 Å². The average molecular weight is 438 g/mol. The molecule has 0 aliphatic rings. The first-order valence-corrected chi connectivity index (χ1v) is 11.4. The first kappa shape index (κ1) is 24.0. The van der Waals surface area contributed by atoms with Crippen molar-refractivity contribution in [2.24, 2.45) is 0 Å². The second-order valence-electron chi connectivity index (χ2n) is 8.04. The molecule has 32 heavy (non-hydrogen) atoms. The van der Waals surface area contributed by atoms with Gasteiger partial charge in [-0.1, -0.05) is 49.7 Å². The molecule has 1 atom stereocenters. The maximum Gasteiger partial charge on any atom is 0.227 e. The van der Waals surface area contributed by atoms with Crippen LogP contribution in [0.25, 0.3) is 5.69 Å². The van der Waals surface area contributed by atoms with Crippen LogP contribution in [0.3, 0.4) is 0 Å². The summed E-state index contributed by atoms with van der Waals surface area (Å²) in [6, 6.07) is 18.1. The summed E-state index contributed by atoms with van der Waals surface area (Å²) in [6.45, 7) is 8.68. The fourth-order valence-electron chi connectivity index (χ4n) is 3.59. The highest BCUT2D eigenvalue weighted by atomic mass is 16.5. The van der Waals surface area contributed by atoms with Gasteiger partial charge in [-0.25, -0.2) is 4.68 Å². The van der Waals surface area contributed by atoms with Crippen LogP contribution in [-0.4, -0.2) is 52.7 Å². The molecule has 1 aromatic heterocycles. The van der Waals surface area contributed by atoms with Crippen molar-refractivity contribution in [1.29, 1.82) is 0 Å². The van der Waals surface area contributed by atoms with Gasteiger partial charge in [0.15, 0.2) is 0 Å². The summed E-state index contributed by atoms with van der Waals surface area (Å²) in [5, 5.41) is 15.2. The van der Waals surface area contributed by atoms with Crippen molar-refractivity contribution in [3.05, 3.63) is 71.4 Å². The Labute approximate surface area is 191 Å². The lowest BCUT2D eigenvalue weighted by Crippen LogP contribution is -2.34. The van der Waals surface area contributed by atoms with Crippen LogP contribution in [0, 0.1) is 6.92 Å². The summed E-state index contributed by atoms with van der Waals surface area (Å²) in [6.07, 6.45) is 1.11. The summed E-state index contributed by atoms with van der Waals surface area (Å²) in [5.41, 5.74) is 4.16. The van der Waals surface area contributed by atoms with E-state index >= 15 is 0 Å². The second kappa shape index (κ2) is 11.8. The third kappa shape index (κ3) is 6.19. The Morgan fingerprint density at radius 2 is 1.78 bits per heavy atom. The smallest absolute Gasteiger partial charge is 0.227 e. The SMILES string of the molecule is CCc1nn(-c2ccccc2)c(Oc2ccc(C)cc2)c1CN(CCOC)CC(O)CC. The van der Waals surface area contributed by atoms with Gasteiger partial charge < -0.3 is 14.6 Å². The van der Waals surface area contributed by atoms with Crippen molar-refractivity contribution in [2.75, 3.05) is 26.8 Å². The third-order valence-corrected chi connectivity index (χ3v) is 5.52. The van der Waals surface area contributed by atoms with E-state index in [0.717, 1.165) is 35.7 Å². The molecule has 3 aromatic rings. The maximum absolute atomic E-state index is 10.3. The highest BCUT2D eigenvalue weighted by Crippen LogP contribution is 2.32. The van der Waals surface area contributed by atoms with Crippen LogP contribution in [0.15, 0.2) is 54.6 Å². The number of rotatable bonds is 12. The zero-order chi connectivity index (χ0) is 22.9. The molecular weight excluding hydrogens is 402 g/mol. The Balaban J connectivity index is 2.03. The highest BCUT2D eigenvalue weighted by Gasteiger charge is 2.23. The molecule has 0 saturated heterocycles. The molecule has 1 unspecified atom stereocenters. The highest BCUT2D eigenvalue weighted by molar-refractivity contribution is 5.44. The molecule has 0 saturated carbocycles. The number of methoxy groups -OCH3 is 1. The van der Waals surface area contributed by atoms with Gasteiger partial charge in [-0.3, -0.25) is 4.90 Å². The molecule has 0 bridgehead atoms. The summed E-state index contributed by atoms with van der Waals surface area (Å²) in [5.74, 6) is 1.49. The standard InChI is InChI=1S/C26H35N3O3/c1-5-22(30)18-28(16-17-31-4)19-24-25(6-2)27-29(21-10-8-7-9-11-21)26(24)32-23-14-12-20(3)13-15-23/h7-15,22,30H,5-6,16-19H2,1-4H3. The largest absolute Gasteiger partial charge is 0.439 e. The molecule has 0 fully saturated rings. The zero-order valence-corrected chi connectivity index (χ0v) is 19.6. The number of ether oxygens (including phenoxy) is 2. The van der Waals surface area contributed by atoms with Crippen molar-refractivity contribution >= 4 is 0 Å². The molecule has 172 valence electrons. The number of nitrogens with zero attached hydrogens (tertiary/aromatic N) is 3. The predicted molar refractivity (Wildman–Crippen MR) is 128 cm³/mol. The van der Waals surface area contributed by atoms with Crippen LogP contribution < -0.4 is 4.74 Å². The molecule has 0 spiro atoms. The van der Waals surface area contributed by atoms with E-state index in [0.29, 0.717) is 32.0 Å². The Morgan fingerprint density at radius 1 is 1.06 bits per heavy atom. The molecule has 3 rings (SSSR count). The quantitative estimate of drug-likeness (QED) is 0.443. The van der Waals surface area contributed by atoms with Crippen LogP contribution in [0.5, 0.6) is 11.6 Å². The van der Waals surface area contributed by atoms with Gasteiger partial charge in [-0.15, -0.1) is 0 Å². The molecule has 2 aromatic carbocycles. The zero-order valence-electron chi connectivity index (χ0n) is 19.6. The summed E-state index contributed by atoms with van der Waals surface area (Å²) in [7, 11) is 1.70. The topological polar surface area (TPSA) is 59.8 Å². The number of aromatic nitrogens is 2. The molecule has 0 aliphatic heterocycles. The summed E-state index contributed by atoms with van der Waals surface area (Å²) >= 11 is 0. The number of para-hydroxylation sites is 1. The number of benzene rings is 2. The van der Waals surface area contributed by atoms with Gasteiger partial charge in [-0.05, 0) is 44.0 Å². The van der Waals surface area contributed by atoms with E-state index in [9.17, 15) is 5.11 Å². The normalized spacial score (nSPS) is 12.3. The monoisotopic (exact) mass is 437 g/mol. The van der Waals surface area contributed by atoms with Crippen molar-refractivity contribution < 1.29 is 14.6 Å². The van der Waals surface area contributed by atoms with Crippen molar-refractivity contribution in [3.8, 4) is 17.3 Å². The van der Waals surface area contributed by atoms with Gasteiger partial charge in [0.05, 0.1) is 29.7 Å². The van der Waals surface area contributed by atoms with Crippen LogP contribution in [0.4, 0.5) is 0 Å². The maximum atomic E-state index is 10.3. The Morgan fingerprint density at radius 3 is 2.41 bits per heavy atom. The van der Waals surface area contributed by atoms with Gasteiger partial charge >= 0.3 is 0 Å². The van der Waals surface area contributed by atoms with E-state index in [4.69, 9.17) is 14.6 Å². The van der Waals surface area contributed by atoms with E-state index in [1.807, 2.05) is 66.2 Å². The van der Waals surface area contributed by atoms with Crippen LogP contribution in [-0.2, 0) is 17.7 Å². The summed E-state index contributed by atoms with van der Waals surface area (Å²) in [4.78, 5) is 2.21. The molecule has 0 radical (unpaired) electrons. The minimum atomic E-state index is -0.387. The van der Waals surface area contributed by atoms with Gasteiger partial charge in [0.2, 0.25) is 5.88 Å². The van der Waals surface area contributed by atoms with Crippen LogP contribution in [0.1, 0.15) is 37.1 Å². The molecular formula is C26H35N3O3. The number of aliphatic hydroxyl groups is 1. The van der Waals surface area contributed by atoms with Gasteiger partial charge in [0.25, 0.3) is 0 Å². The van der Waals surface area contributed by atoms with E-state index in [2.05, 4.69) is 18.7 Å². The Kier molecular flexibility index (Phi) is 8.85. The summed E-state index contributed by atoms with van der Waals surface area (Å²) < 4.78 is 13.7. The fraction of sp³-hybridized carbons (Fsp3) is 0.423. The van der Waals surface area contributed by atoms with E-state index in [1.165, 1.54) is 5.56 Å². The minimum absolute atomic E-state index is 0.387. The number of hydrogen-bond donors (Lipinski definition) is 1. The number of aryl methyl sites for hydroxylation is 2. The first-order chi connectivity index (χ1) is 15.5. The lowest BCUT2D eigenvalue weighted by molar-refractivity contribution is 0.0825. The fourth-order valence-corrected chi connectivity index (χ4v) is 3.59. The lowest BCUT2D eigenvalue weighted by Gasteiger charge is -2.25. The average Bonchev–Trinajstić information content (AvgIpc) is 3.16. The van der Waals surface area contributed by atoms with E-state index < -0.39 is 0 Å². The number of aliphatic hydroxyl groups excluding tert-OH is 1. The molecule has 6 heteroatoms. The molecule has 1 N–H and O–H groups in total. The van der Waals surface area contributed by atoms with Gasteiger partial charge in [0, 0.05) is 26.7 Å². The van der Waals surface area contributed by atoms with E-state index in [1.54, 1.807) is 7.11 Å². The number of hydrogen-bond acceptors (Lipinski definition) is 5. The first-order valence-electron chi connectivity index (χ1n) is 11.4. The van der Waals surface area contributed by atoms with Gasteiger partial charge in [0.1, 0.15) is 5.75 Å². The molecule has 0 amide bonds. The van der Waals surface area contributed by atoms with E-state index in [-0.39, 0.29) is 6.10 Å². The van der Waals surface area contributed by atoms with Crippen molar-refractivity contribution in [1.82, 2.24) is 14.7 Å². The Hall–Kier alpha value is -2.67. The van der Waals surface area contributed by atoms with Crippen LogP contribution >= 0.6 is 0 Å². The molecule has 6 nitrogen and oxygen atoms in total. The second-order valence-corrected chi connectivity index (χ2v) is 8.04. The minimum Gasteiger partial charge on any atom is -0.439 e. The lowest BCUT2D eigenvalue weighted by atomic mass is 10.1. The van der Waals surface area contributed by atoms with Gasteiger partial charge in [-0.2, -0.15) is 5.10 Å². The van der Waals surface area contributed by atoms with Crippen molar-refractivity contribution in [3.63, 3.8) is 0 Å².